The van der Waals surface area contributed by atoms with Gasteiger partial charge >= 0.3 is 0 Å². The molecule has 0 bridgehead atoms. The Hall–Kier alpha value is -1.05. The predicted octanol–water partition coefficient (Wildman–Crippen LogP) is 1.60. The summed E-state index contributed by atoms with van der Waals surface area (Å²) < 4.78 is 0. The van der Waals surface area contributed by atoms with Crippen molar-refractivity contribution in [3.05, 3.63) is 23.9 Å². The molecule has 0 spiro atoms. The molecule has 0 rings (SSSR count). The third-order valence-electron chi connectivity index (χ3n) is 1.04. The van der Waals surface area contributed by atoms with E-state index < -0.39 is 0 Å². The number of ketones is 1. The summed E-state index contributed by atoms with van der Waals surface area (Å²) >= 11 is 0. The zero-order chi connectivity index (χ0) is 8.85. The number of allylic oxidation sites excluding steroid dienone is 3. The molecule has 0 aliphatic carbocycles. The van der Waals surface area contributed by atoms with E-state index in [2.05, 4.69) is 0 Å². The van der Waals surface area contributed by atoms with E-state index in [0.29, 0.717) is 0 Å². The lowest BCUT2D eigenvalue weighted by atomic mass is 10.2. The largest absolute Gasteiger partial charge is 0.383 e. The number of hydrogen-bond donors (Lipinski definition) is 0. The normalized spacial score (nSPS) is 12.2. The van der Waals surface area contributed by atoms with Crippen molar-refractivity contribution >= 4 is 5.78 Å². The van der Waals surface area contributed by atoms with Crippen LogP contribution in [-0.2, 0) is 4.79 Å². The fourth-order valence-corrected chi connectivity index (χ4v) is 0.699. The van der Waals surface area contributed by atoms with Gasteiger partial charge in [-0.15, -0.1) is 0 Å². The van der Waals surface area contributed by atoms with Gasteiger partial charge in [0.15, 0.2) is 5.78 Å². The summed E-state index contributed by atoms with van der Waals surface area (Å²) in [5, 5.41) is 0. The standard InChI is InChI=1S/C9H15NO/c1-8(7-10(3)4)5-6-9(2)11/h5-7H,1-4H3/b6-5+,8-7-. The molecule has 0 aromatic heterocycles. The van der Waals surface area contributed by atoms with Gasteiger partial charge in [0.1, 0.15) is 0 Å². The minimum absolute atomic E-state index is 0.0801. The Morgan fingerprint density at radius 2 is 1.73 bits per heavy atom. The molecule has 0 N–H and O–H groups in total. The molecule has 11 heavy (non-hydrogen) atoms. The lowest BCUT2D eigenvalue weighted by molar-refractivity contribution is -0.112. The summed E-state index contributed by atoms with van der Waals surface area (Å²) in [4.78, 5) is 12.5. The number of nitrogens with zero attached hydrogens (tertiary/aromatic N) is 1. The van der Waals surface area contributed by atoms with E-state index in [1.54, 1.807) is 13.0 Å². The molecule has 0 unspecified atom stereocenters. The van der Waals surface area contributed by atoms with Crippen molar-refractivity contribution in [3.8, 4) is 0 Å². The molecule has 0 saturated heterocycles. The Labute approximate surface area is 68.2 Å². The van der Waals surface area contributed by atoms with Crippen molar-refractivity contribution in [2.45, 2.75) is 13.8 Å². The first-order valence-corrected chi connectivity index (χ1v) is 3.56. The minimum atomic E-state index is 0.0801. The van der Waals surface area contributed by atoms with Gasteiger partial charge in [0.25, 0.3) is 0 Å². The Morgan fingerprint density at radius 1 is 1.18 bits per heavy atom. The van der Waals surface area contributed by atoms with E-state index in [0.717, 1.165) is 5.57 Å². The molecule has 0 fully saturated rings. The van der Waals surface area contributed by atoms with Gasteiger partial charge in [-0.25, -0.2) is 0 Å². The molecule has 0 aliphatic heterocycles. The Kier molecular flexibility index (Phi) is 4.27. The van der Waals surface area contributed by atoms with Crippen molar-refractivity contribution in [2.75, 3.05) is 14.1 Å². The molecule has 0 aromatic rings. The van der Waals surface area contributed by atoms with Gasteiger partial charge in [0.2, 0.25) is 0 Å². The topological polar surface area (TPSA) is 20.3 Å². The quantitative estimate of drug-likeness (QED) is 0.453. The van der Waals surface area contributed by atoms with E-state index >= 15 is 0 Å². The van der Waals surface area contributed by atoms with E-state index in [1.807, 2.05) is 38.2 Å². The van der Waals surface area contributed by atoms with Crippen LogP contribution in [0.2, 0.25) is 0 Å². The molecule has 0 aromatic carbocycles. The van der Waals surface area contributed by atoms with Crippen molar-refractivity contribution in [1.82, 2.24) is 4.90 Å². The van der Waals surface area contributed by atoms with Crippen LogP contribution in [0, 0.1) is 0 Å². The third-order valence-corrected chi connectivity index (χ3v) is 1.04. The van der Waals surface area contributed by atoms with E-state index in [4.69, 9.17) is 0 Å². The summed E-state index contributed by atoms with van der Waals surface area (Å²) in [7, 11) is 3.90. The molecule has 0 saturated carbocycles. The van der Waals surface area contributed by atoms with Crippen molar-refractivity contribution in [2.24, 2.45) is 0 Å². The maximum Gasteiger partial charge on any atom is 0.152 e. The smallest absolute Gasteiger partial charge is 0.152 e. The first-order valence-electron chi connectivity index (χ1n) is 3.56. The first-order chi connectivity index (χ1) is 5.02. The van der Waals surface area contributed by atoms with Crippen LogP contribution in [0.5, 0.6) is 0 Å². The van der Waals surface area contributed by atoms with Gasteiger partial charge in [-0.2, -0.15) is 0 Å². The van der Waals surface area contributed by atoms with Crippen LogP contribution in [0.4, 0.5) is 0 Å². The summed E-state index contributed by atoms with van der Waals surface area (Å²) in [5.41, 5.74) is 1.07. The van der Waals surface area contributed by atoms with Crippen LogP contribution in [0.1, 0.15) is 13.8 Å². The summed E-state index contributed by atoms with van der Waals surface area (Å²) in [6, 6.07) is 0. The molecule has 0 amide bonds. The second kappa shape index (κ2) is 4.72. The van der Waals surface area contributed by atoms with E-state index in [1.165, 1.54) is 0 Å². The average Bonchev–Trinajstić information content (AvgIpc) is 1.82. The van der Waals surface area contributed by atoms with Crippen molar-refractivity contribution < 1.29 is 4.79 Å². The third kappa shape index (κ3) is 6.84. The lowest BCUT2D eigenvalue weighted by Gasteiger charge is -2.04. The summed E-state index contributed by atoms with van der Waals surface area (Å²) in [5.74, 6) is 0.0801. The van der Waals surface area contributed by atoms with Crippen LogP contribution in [0.15, 0.2) is 23.9 Å². The monoisotopic (exact) mass is 153 g/mol. The highest BCUT2D eigenvalue weighted by Crippen LogP contribution is 1.95. The SMILES string of the molecule is CC(=O)/C=C/C(C)=C\N(C)C. The molecule has 0 atom stereocenters. The number of carbonyl (C=O) groups excluding carboxylic acids is 1. The van der Waals surface area contributed by atoms with Gasteiger partial charge in [-0.1, -0.05) is 6.08 Å². The fourth-order valence-electron chi connectivity index (χ4n) is 0.699. The Morgan fingerprint density at radius 3 is 2.09 bits per heavy atom. The second-order valence-electron chi connectivity index (χ2n) is 2.78. The number of rotatable bonds is 3. The zero-order valence-corrected chi connectivity index (χ0v) is 7.59. The first kappa shape index (κ1) is 9.95. The van der Waals surface area contributed by atoms with E-state index in [-0.39, 0.29) is 5.78 Å². The molecule has 0 radical (unpaired) electrons. The highest BCUT2D eigenvalue weighted by Gasteiger charge is 1.84. The van der Waals surface area contributed by atoms with Gasteiger partial charge in [0.05, 0.1) is 0 Å². The van der Waals surface area contributed by atoms with Crippen LogP contribution >= 0.6 is 0 Å². The molecule has 62 valence electrons. The minimum Gasteiger partial charge on any atom is -0.383 e. The molecule has 0 aliphatic rings. The van der Waals surface area contributed by atoms with Crippen molar-refractivity contribution in [3.63, 3.8) is 0 Å². The molecular weight excluding hydrogens is 138 g/mol. The highest BCUT2D eigenvalue weighted by atomic mass is 16.1. The van der Waals surface area contributed by atoms with Gasteiger partial charge < -0.3 is 4.90 Å². The van der Waals surface area contributed by atoms with Crippen LogP contribution in [-0.4, -0.2) is 24.8 Å². The highest BCUT2D eigenvalue weighted by molar-refractivity contribution is 5.87. The maximum absolute atomic E-state index is 10.5. The maximum atomic E-state index is 10.5. The number of hydrogen-bond acceptors (Lipinski definition) is 2. The van der Waals surface area contributed by atoms with Crippen LogP contribution in [0.3, 0.4) is 0 Å². The molecule has 0 heterocycles. The second-order valence-corrected chi connectivity index (χ2v) is 2.78. The number of carbonyl (C=O) groups is 1. The summed E-state index contributed by atoms with van der Waals surface area (Å²) in [6.45, 7) is 3.50. The van der Waals surface area contributed by atoms with Crippen molar-refractivity contribution in [1.29, 1.82) is 0 Å². The Bertz CT molecular complexity index is 190. The summed E-state index contributed by atoms with van der Waals surface area (Å²) in [6.07, 6.45) is 5.33. The predicted molar refractivity (Wildman–Crippen MR) is 47.3 cm³/mol. The van der Waals surface area contributed by atoms with E-state index in [9.17, 15) is 4.79 Å². The molecular formula is C9H15NO. The van der Waals surface area contributed by atoms with Crippen LogP contribution in [0.25, 0.3) is 0 Å². The fraction of sp³-hybridized carbons (Fsp3) is 0.444. The van der Waals surface area contributed by atoms with Gasteiger partial charge in [0, 0.05) is 20.3 Å². The lowest BCUT2D eigenvalue weighted by Crippen LogP contribution is -2.01. The van der Waals surface area contributed by atoms with Crippen LogP contribution < -0.4 is 0 Å². The Balaban J connectivity index is 4.05. The van der Waals surface area contributed by atoms with Gasteiger partial charge in [-0.3, -0.25) is 4.79 Å². The molecule has 2 nitrogen and oxygen atoms in total. The average molecular weight is 153 g/mol. The zero-order valence-electron chi connectivity index (χ0n) is 7.59. The molecule has 2 heteroatoms. The van der Waals surface area contributed by atoms with Gasteiger partial charge in [-0.05, 0) is 25.5 Å².